The molecule has 0 radical (unpaired) electrons. The van der Waals surface area contributed by atoms with Gasteiger partial charge >= 0.3 is 5.97 Å². The van der Waals surface area contributed by atoms with Crippen LogP contribution < -0.4 is 9.47 Å². The summed E-state index contributed by atoms with van der Waals surface area (Å²) in [6, 6.07) is 3.63. The van der Waals surface area contributed by atoms with Crippen LogP contribution in [0.25, 0.3) is 0 Å². The molecule has 18 heavy (non-hydrogen) atoms. The number of rotatable bonds is 6. The Kier molecular flexibility index (Phi) is 4.15. The van der Waals surface area contributed by atoms with Gasteiger partial charge in [-0.25, -0.2) is 0 Å². The van der Waals surface area contributed by atoms with Gasteiger partial charge in [-0.05, 0) is 24.8 Å². The lowest BCUT2D eigenvalue weighted by Crippen LogP contribution is -2.09. The van der Waals surface area contributed by atoms with Crippen LogP contribution in [0.3, 0.4) is 0 Å². The predicted octanol–water partition coefficient (Wildman–Crippen LogP) is 1.91. The van der Waals surface area contributed by atoms with Crippen LogP contribution in [0.15, 0.2) is 12.1 Å². The molecule has 1 aromatic heterocycles. The van der Waals surface area contributed by atoms with E-state index in [-0.39, 0.29) is 11.8 Å². The van der Waals surface area contributed by atoms with Crippen molar-refractivity contribution in [2.75, 3.05) is 20.3 Å². The number of aromatic nitrogens is 1. The number of pyridine rings is 1. The summed E-state index contributed by atoms with van der Waals surface area (Å²) >= 11 is 0. The topological polar surface area (TPSA) is 57.6 Å². The molecule has 0 unspecified atom stereocenters. The van der Waals surface area contributed by atoms with E-state index >= 15 is 0 Å². The molecule has 5 heteroatoms. The molecule has 98 valence electrons. The Labute approximate surface area is 106 Å². The van der Waals surface area contributed by atoms with Crippen LogP contribution in [0.5, 0.6) is 11.8 Å². The van der Waals surface area contributed by atoms with Crippen molar-refractivity contribution >= 4 is 5.97 Å². The molecule has 1 fully saturated rings. The Morgan fingerprint density at radius 3 is 2.78 bits per heavy atom. The fourth-order valence-corrected chi connectivity index (χ4v) is 1.68. The molecule has 0 saturated heterocycles. The number of carbonyl (C=O) groups is 1. The van der Waals surface area contributed by atoms with Crippen LogP contribution in [0.2, 0.25) is 0 Å². The molecule has 5 nitrogen and oxygen atoms in total. The molecule has 1 aliphatic rings. The highest BCUT2D eigenvalue weighted by molar-refractivity contribution is 5.68. The first kappa shape index (κ1) is 12.8. The monoisotopic (exact) mass is 251 g/mol. The first-order chi connectivity index (χ1) is 8.70. The molecule has 1 aromatic rings. The van der Waals surface area contributed by atoms with Crippen LogP contribution in [0, 0.1) is 0 Å². The van der Waals surface area contributed by atoms with E-state index in [1.807, 2.05) is 6.07 Å². The van der Waals surface area contributed by atoms with E-state index in [1.165, 1.54) is 6.92 Å². The van der Waals surface area contributed by atoms with Crippen molar-refractivity contribution in [3.63, 3.8) is 0 Å². The molecule has 1 saturated carbocycles. The minimum absolute atomic E-state index is 0.277. The maximum atomic E-state index is 10.9. The molecule has 2 rings (SSSR count). The summed E-state index contributed by atoms with van der Waals surface area (Å²) in [6.45, 7) is 2.29. The van der Waals surface area contributed by atoms with Crippen molar-refractivity contribution in [3.8, 4) is 11.8 Å². The average Bonchev–Trinajstić information content (AvgIpc) is 3.13. The second kappa shape index (κ2) is 5.82. The van der Waals surface area contributed by atoms with E-state index in [2.05, 4.69) is 4.98 Å². The minimum atomic E-state index is -0.385. The van der Waals surface area contributed by atoms with Crippen molar-refractivity contribution < 1.29 is 19.0 Å². The summed E-state index contributed by atoms with van der Waals surface area (Å²) in [5.74, 6) is 0.971. The summed E-state index contributed by atoms with van der Waals surface area (Å²) in [4.78, 5) is 15.1. The van der Waals surface area contributed by atoms with Gasteiger partial charge in [-0.1, -0.05) is 0 Å². The van der Waals surface area contributed by atoms with Gasteiger partial charge in [0.25, 0.3) is 0 Å². The molecule has 0 N–H and O–H groups in total. The first-order valence-corrected chi connectivity index (χ1v) is 6.02. The smallest absolute Gasteiger partial charge is 0.309 e. The van der Waals surface area contributed by atoms with Crippen LogP contribution in [0.1, 0.15) is 31.2 Å². The Morgan fingerprint density at radius 1 is 1.39 bits per heavy atom. The third-order valence-electron chi connectivity index (χ3n) is 2.66. The number of nitrogens with zero attached hydrogens (tertiary/aromatic N) is 1. The molecule has 0 atom stereocenters. The maximum Gasteiger partial charge on any atom is 0.309 e. The molecule has 0 bridgehead atoms. The maximum absolute atomic E-state index is 10.9. The zero-order chi connectivity index (χ0) is 13.0. The number of hydrogen-bond acceptors (Lipinski definition) is 5. The number of hydrogen-bond donors (Lipinski definition) is 0. The summed E-state index contributed by atoms with van der Waals surface area (Å²) in [6.07, 6.45) is 2.32. The SMILES string of the molecule is COCCOc1nc(OC(C)=O)ccc1C1CC1. The Hall–Kier alpha value is -1.62. The minimum Gasteiger partial charge on any atom is -0.475 e. The summed E-state index contributed by atoms with van der Waals surface area (Å²) in [5, 5.41) is 0. The summed E-state index contributed by atoms with van der Waals surface area (Å²) in [7, 11) is 1.62. The highest BCUT2D eigenvalue weighted by atomic mass is 16.5. The number of ether oxygens (including phenoxy) is 3. The lowest BCUT2D eigenvalue weighted by molar-refractivity contribution is -0.132. The van der Waals surface area contributed by atoms with Gasteiger partial charge in [0.2, 0.25) is 11.8 Å². The van der Waals surface area contributed by atoms with Crippen molar-refractivity contribution in [1.82, 2.24) is 4.98 Å². The normalized spacial score (nSPS) is 14.3. The molecular formula is C13H17NO4. The molecular weight excluding hydrogens is 234 g/mol. The fourth-order valence-electron chi connectivity index (χ4n) is 1.68. The molecule has 0 spiro atoms. The van der Waals surface area contributed by atoms with E-state index < -0.39 is 0 Å². The summed E-state index contributed by atoms with van der Waals surface area (Å²) < 4.78 is 15.5. The fraction of sp³-hybridized carbons (Fsp3) is 0.538. The standard InChI is InChI=1S/C13H17NO4/c1-9(15)18-12-6-5-11(10-3-4-10)13(14-12)17-8-7-16-2/h5-6,10H,3-4,7-8H2,1-2H3. The van der Waals surface area contributed by atoms with Crippen molar-refractivity contribution in [2.45, 2.75) is 25.7 Å². The van der Waals surface area contributed by atoms with Crippen molar-refractivity contribution in [2.24, 2.45) is 0 Å². The van der Waals surface area contributed by atoms with Crippen LogP contribution in [0.4, 0.5) is 0 Å². The third kappa shape index (κ3) is 3.43. The lowest BCUT2D eigenvalue weighted by Gasteiger charge is -2.11. The van der Waals surface area contributed by atoms with Gasteiger partial charge in [0.05, 0.1) is 6.61 Å². The van der Waals surface area contributed by atoms with Gasteiger partial charge in [0.1, 0.15) is 6.61 Å². The Bertz CT molecular complexity index is 429. The summed E-state index contributed by atoms with van der Waals surface area (Å²) in [5.41, 5.74) is 1.09. The zero-order valence-electron chi connectivity index (χ0n) is 10.6. The van der Waals surface area contributed by atoms with Crippen molar-refractivity contribution in [3.05, 3.63) is 17.7 Å². The van der Waals surface area contributed by atoms with Gasteiger partial charge in [0.15, 0.2) is 0 Å². The van der Waals surface area contributed by atoms with Gasteiger partial charge in [-0.15, -0.1) is 0 Å². The van der Waals surface area contributed by atoms with Gasteiger partial charge in [0, 0.05) is 25.7 Å². The van der Waals surface area contributed by atoms with E-state index in [1.54, 1.807) is 13.2 Å². The zero-order valence-corrected chi connectivity index (χ0v) is 10.6. The molecule has 0 aromatic carbocycles. The van der Waals surface area contributed by atoms with E-state index in [0.29, 0.717) is 25.0 Å². The van der Waals surface area contributed by atoms with Gasteiger partial charge < -0.3 is 14.2 Å². The van der Waals surface area contributed by atoms with Crippen LogP contribution in [-0.4, -0.2) is 31.3 Å². The van der Waals surface area contributed by atoms with Crippen LogP contribution >= 0.6 is 0 Å². The second-order valence-electron chi connectivity index (χ2n) is 4.25. The second-order valence-corrected chi connectivity index (χ2v) is 4.25. The molecule has 0 aliphatic heterocycles. The third-order valence-corrected chi connectivity index (χ3v) is 2.66. The van der Waals surface area contributed by atoms with E-state index in [4.69, 9.17) is 14.2 Å². The lowest BCUT2D eigenvalue weighted by atomic mass is 10.2. The highest BCUT2D eigenvalue weighted by Gasteiger charge is 2.28. The van der Waals surface area contributed by atoms with Gasteiger partial charge in [-0.3, -0.25) is 4.79 Å². The molecule has 0 amide bonds. The van der Waals surface area contributed by atoms with Crippen LogP contribution in [-0.2, 0) is 9.53 Å². The predicted molar refractivity (Wildman–Crippen MR) is 64.9 cm³/mol. The Morgan fingerprint density at radius 2 is 2.17 bits per heavy atom. The highest BCUT2D eigenvalue weighted by Crippen LogP contribution is 2.44. The van der Waals surface area contributed by atoms with Gasteiger partial charge in [-0.2, -0.15) is 4.98 Å². The number of methoxy groups -OCH3 is 1. The molecule has 1 aliphatic carbocycles. The average molecular weight is 251 g/mol. The Balaban J connectivity index is 2.12. The molecule has 1 heterocycles. The van der Waals surface area contributed by atoms with Crippen molar-refractivity contribution in [1.29, 1.82) is 0 Å². The van der Waals surface area contributed by atoms with E-state index in [0.717, 1.165) is 18.4 Å². The first-order valence-electron chi connectivity index (χ1n) is 6.02. The largest absolute Gasteiger partial charge is 0.475 e. The quantitative estimate of drug-likeness (QED) is 0.571. The number of carbonyl (C=O) groups excluding carboxylic acids is 1. The number of esters is 1. The van der Waals surface area contributed by atoms with E-state index in [9.17, 15) is 4.79 Å².